The fourth-order valence-electron chi connectivity index (χ4n) is 2.19. The highest BCUT2D eigenvalue weighted by atomic mass is 16.5. The molecule has 0 aliphatic heterocycles. The van der Waals surface area contributed by atoms with Crippen molar-refractivity contribution in [2.75, 3.05) is 31.6 Å². The van der Waals surface area contributed by atoms with Crippen LogP contribution in [-0.4, -0.2) is 53.9 Å². The van der Waals surface area contributed by atoms with Crippen LogP contribution in [0.2, 0.25) is 0 Å². The quantitative estimate of drug-likeness (QED) is 0.479. The zero-order valence-electron chi connectivity index (χ0n) is 14.7. The molecule has 2 aromatic rings. The van der Waals surface area contributed by atoms with Gasteiger partial charge in [-0.25, -0.2) is 9.78 Å². The minimum absolute atomic E-state index is 0.0105. The third-order valence-electron chi connectivity index (χ3n) is 3.52. The lowest BCUT2D eigenvalue weighted by Crippen LogP contribution is -2.29. The molecule has 142 valence electrons. The zero-order valence-corrected chi connectivity index (χ0v) is 14.7. The van der Waals surface area contributed by atoms with Gasteiger partial charge in [0.15, 0.2) is 12.4 Å². The summed E-state index contributed by atoms with van der Waals surface area (Å²) in [5.74, 6) is -0.163. The van der Waals surface area contributed by atoms with E-state index < -0.39 is 12.6 Å². The number of carbonyl (C=O) groups is 3. The minimum atomic E-state index is -1.07. The Morgan fingerprint density at radius 2 is 1.81 bits per heavy atom. The second kappa shape index (κ2) is 10.7. The number of anilines is 1. The summed E-state index contributed by atoms with van der Waals surface area (Å²) in [5, 5.41) is 14.4. The van der Waals surface area contributed by atoms with Gasteiger partial charge < -0.3 is 20.5 Å². The van der Waals surface area contributed by atoms with Crippen LogP contribution >= 0.6 is 0 Å². The number of ether oxygens (including phenoxy) is 1. The maximum absolute atomic E-state index is 12.1. The molecular weight excluding hydrogens is 350 g/mol. The van der Waals surface area contributed by atoms with Gasteiger partial charge in [0.25, 0.3) is 0 Å². The van der Waals surface area contributed by atoms with Crippen molar-refractivity contribution in [1.29, 1.82) is 0 Å². The molecular formula is C19H21N3O5. The average molecular weight is 371 g/mol. The van der Waals surface area contributed by atoms with Crippen LogP contribution in [0.15, 0.2) is 48.7 Å². The van der Waals surface area contributed by atoms with E-state index >= 15 is 0 Å². The number of pyridine rings is 1. The van der Waals surface area contributed by atoms with Crippen LogP contribution in [0.25, 0.3) is 0 Å². The average Bonchev–Trinajstić information content (AvgIpc) is 2.67. The van der Waals surface area contributed by atoms with Crippen molar-refractivity contribution in [3.8, 4) is 5.75 Å². The first-order valence-corrected chi connectivity index (χ1v) is 8.40. The van der Waals surface area contributed by atoms with Gasteiger partial charge in [-0.1, -0.05) is 6.07 Å². The summed E-state index contributed by atoms with van der Waals surface area (Å²) in [6.45, 7) is 0.180. The number of rotatable bonds is 12. The summed E-state index contributed by atoms with van der Waals surface area (Å²) in [7, 11) is 0. The number of aliphatic carboxylic acids is 1. The van der Waals surface area contributed by atoms with Crippen LogP contribution in [0.3, 0.4) is 0 Å². The van der Waals surface area contributed by atoms with Crippen LogP contribution in [0.1, 0.15) is 16.8 Å². The Bertz CT molecular complexity index is 763. The largest absolute Gasteiger partial charge is 0.482 e. The van der Waals surface area contributed by atoms with E-state index in [0.29, 0.717) is 30.1 Å². The summed E-state index contributed by atoms with van der Waals surface area (Å²) >= 11 is 0. The Kier molecular flexibility index (Phi) is 7.92. The van der Waals surface area contributed by atoms with Gasteiger partial charge >= 0.3 is 5.97 Å². The standard InChI is InChI=1S/C19H21N3O5/c23-15(8-10-22-18-3-1-2-9-21-18)11-20-12-17(24)14-4-6-16(7-5-14)27-13-19(25)26/h1-7,9,20H,8,10-13H2,(H,21,22)(H,25,26). The molecule has 1 aromatic heterocycles. The molecule has 0 saturated heterocycles. The normalized spacial score (nSPS) is 10.2. The van der Waals surface area contributed by atoms with E-state index in [4.69, 9.17) is 9.84 Å². The lowest BCUT2D eigenvalue weighted by atomic mass is 10.1. The molecule has 8 nitrogen and oxygen atoms in total. The Labute approximate surface area is 156 Å². The van der Waals surface area contributed by atoms with Crippen molar-refractivity contribution in [2.24, 2.45) is 0 Å². The molecule has 0 bridgehead atoms. The topological polar surface area (TPSA) is 118 Å². The lowest BCUT2D eigenvalue weighted by molar-refractivity contribution is -0.139. The van der Waals surface area contributed by atoms with Crippen LogP contribution in [0, 0.1) is 0 Å². The highest BCUT2D eigenvalue weighted by Gasteiger charge is 2.08. The molecule has 0 unspecified atom stereocenters. The summed E-state index contributed by atoms with van der Waals surface area (Å²) in [6.07, 6.45) is 2.00. The van der Waals surface area contributed by atoms with E-state index in [1.807, 2.05) is 18.2 Å². The van der Waals surface area contributed by atoms with Crippen molar-refractivity contribution in [3.63, 3.8) is 0 Å². The Hall–Kier alpha value is -3.26. The van der Waals surface area contributed by atoms with Crippen molar-refractivity contribution in [1.82, 2.24) is 10.3 Å². The molecule has 0 saturated carbocycles. The molecule has 0 aliphatic rings. The first-order valence-electron chi connectivity index (χ1n) is 8.40. The molecule has 1 aromatic carbocycles. The summed E-state index contributed by atoms with van der Waals surface area (Å²) in [5.41, 5.74) is 0.453. The van der Waals surface area contributed by atoms with Crippen molar-refractivity contribution >= 4 is 23.4 Å². The van der Waals surface area contributed by atoms with E-state index in [2.05, 4.69) is 15.6 Å². The molecule has 0 amide bonds. The number of nitrogens with one attached hydrogen (secondary N) is 2. The minimum Gasteiger partial charge on any atom is -0.482 e. The molecule has 27 heavy (non-hydrogen) atoms. The predicted octanol–water partition coefficient (Wildman–Crippen LogP) is 1.39. The Morgan fingerprint density at radius 1 is 1.04 bits per heavy atom. The number of nitrogens with zero attached hydrogens (tertiary/aromatic N) is 1. The molecule has 1 heterocycles. The molecule has 0 aliphatic carbocycles. The molecule has 2 rings (SSSR count). The lowest BCUT2D eigenvalue weighted by Gasteiger charge is -2.07. The number of carbonyl (C=O) groups excluding carboxylic acids is 2. The predicted molar refractivity (Wildman–Crippen MR) is 99.1 cm³/mol. The van der Waals surface area contributed by atoms with Crippen molar-refractivity contribution in [3.05, 3.63) is 54.2 Å². The SMILES string of the molecule is O=C(O)COc1ccc(C(=O)CNCC(=O)CCNc2ccccn2)cc1. The van der Waals surface area contributed by atoms with E-state index in [-0.39, 0.29) is 24.7 Å². The van der Waals surface area contributed by atoms with Gasteiger partial charge in [0, 0.05) is 24.7 Å². The summed E-state index contributed by atoms with van der Waals surface area (Å²) < 4.78 is 5.00. The van der Waals surface area contributed by atoms with Crippen LogP contribution in [0.4, 0.5) is 5.82 Å². The Balaban J connectivity index is 1.64. The molecule has 3 N–H and O–H groups in total. The van der Waals surface area contributed by atoms with Gasteiger partial charge in [-0.2, -0.15) is 0 Å². The zero-order chi connectivity index (χ0) is 19.5. The van der Waals surface area contributed by atoms with Gasteiger partial charge in [0.05, 0.1) is 13.1 Å². The number of aromatic nitrogens is 1. The molecule has 0 fully saturated rings. The van der Waals surface area contributed by atoms with Crippen LogP contribution < -0.4 is 15.4 Å². The molecule has 8 heteroatoms. The van der Waals surface area contributed by atoms with Crippen LogP contribution in [0.5, 0.6) is 5.75 Å². The van der Waals surface area contributed by atoms with E-state index in [1.165, 1.54) is 12.1 Å². The first kappa shape index (κ1) is 20.1. The van der Waals surface area contributed by atoms with Gasteiger partial charge in [0.2, 0.25) is 0 Å². The number of hydrogen-bond donors (Lipinski definition) is 3. The smallest absolute Gasteiger partial charge is 0.341 e. The number of carboxylic acids is 1. The van der Waals surface area contributed by atoms with E-state index in [9.17, 15) is 14.4 Å². The molecule has 0 spiro atoms. The molecule has 0 radical (unpaired) electrons. The molecule has 0 atom stereocenters. The van der Waals surface area contributed by atoms with Crippen molar-refractivity contribution < 1.29 is 24.2 Å². The third-order valence-corrected chi connectivity index (χ3v) is 3.52. The highest BCUT2D eigenvalue weighted by Crippen LogP contribution is 2.12. The Morgan fingerprint density at radius 3 is 2.48 bits per heavy atom. The monoisotopic (exact) mass is 371 g/mol. The fraction of sp³-hybridized carbons (Fsp3) is 0.263. The second-order valence-electron chi connectivity index (χ2n) is 5.66. The first-order chi connectivity index (χ1) is 13.0. The fourth-order valence-corrected chi connectivity index (χ4v) is 2.19. The number of Topliss-reactive ketones (excluding diaryl/α,β-unsaturated/α-hetero) is 2. The second-order valence-corrected chi connectivity index (χ2v) is 5.66. The number of ketones is 2. The summed E-state index contributed by atoms with van der Waals surface area (Å²) in [4.78, 5) is 38.4. The van der Waals surface area contributed by atoms with Gasteiger partial charge in [0.1, 0.15) is 17.4 Å². The van der Waals surface area contributed by atoms with Crippen LogP contribution in [-0.2, 0) is 9.59 Å². The number of hydrogen-bond acceptors (Lipinski definition) is 7. The number of carboxylic acid groups (broad SMARTS) is 1. The van der Waals surface area contributed by atoms with Crippen molar-refractivity contribution in [2.45, 2.75) is 6.42 Å². The highest BCUT2D eigenvalue weighted by molar-refractivity contribution is 5.98. The van der Waals surface area contributed by atoms with E-state index in [1.54, 1.807) is 18.3 Å². The maximum Gasteiger partial charge on any atom is 0.341 e. The van der Waals surface area contributed by atoms with Gasteiger partial charge in [-0.05, 0) is 36.4 Å². The van der Waals surface area contributed by atoms with Gasteiger partial charge in [-0.15, -0.1) is 0 Å². The van der Waals surface area contributed by atoms with Gasteiger partial charge in [-0.3, -0.25) is 9.59 Å². The third kappa shape index (κ3) is 7.66. The number of benzene rings is 1. The van der Waals surface area contributed by atoms with E-state index in [0.717, 1.165) is 0 Å². The maximum atomic E-state index is 12.1. The summed E-state index contributed by atoms with van der Waals surface area (Å²) in [6, 6.07) is 11.7.